The smallest absolute Gasteiger partial charge is 0.246 e. The Balaban J connectivity index is 2.36. The first-order valence-electron chi connectivity index (χ1n) is 6.18. The molecule has 1 atom stereocenters. The van der Waals surface area contributed by atoms with Crippen LogP contribution in [0.1, 0.15) is 25.5 Å². The van der Waals surface area contributed by atoms with Crippen LogP contribution in [0.25, 0.3) is 0 Å². The molecule has 2 rings (SSSR count). The number of imide groups is 1. The molecule has 0 saturated carbocycles. The molecule has 0 radical (unpaired) electrons. The van der Waals surface area contributed by atoms with Crippen LogP contribution in [0.3, 0.4) is 0 Å². The summed E-state index contributed by atoms with van der Waals surface area (Å²) in [5.41, 5.74) is 6.02. The highest BCUT2D eigenvalue weighted by Crippen LogP contribution is 2.29. The molecule has 6 nitrogen and oxygen atoms in total. The van der Waals surface area contributed by atoms with Gasteiger partial charge in [0.05, 0.1) is 12.1 Å². The van der Waals surface area contributed by atoms with Crippen molar-refractivity contribution < 1.29 is 9.59 Å². The summed E-state index contributed by atoms with van der Waals surface area (Å²) >= 11 is 0. The van der Waals surface area contributed by atoms with Crippen LogP contribution >= 0.6 is 0 Å². The minimum Gasteiger partial charge on any atom is -0.329 e. The van der Waals surface area contributed by atoms with E-state index in [0.29, 0.717) is 6.54 Å². The molecule has 0 aromatic carbocycles. The van der Waals surface area contributed by atoms with Gasteiger partial charge < -0.3 is 5.73 Å². The molecule has 2 heterocycles. The molecule has 2 amide bonds. The van der Waals surface area contributed by atoms with Crippen molar-refractivity contribution in [3.63, 3.8) is 0 Å². The third-order valence-electron chi connectivity index (χ3n) is 3.53. The van der Waals surface area contributed by atoms with Gasteiger partial charge in [-0.05, 0) is 31.5 Å². The van der Waals surface area contributed by atoms with Crippen molar-refractivity contribution in [1.29, 1.82) is 0 Å². The van der Waals surface area contributed by atoms with Crippen molar-refractivity contribution in [1.82, 2.24) is 15.2 Å². The van der Waals surface area contributed by atoms with E-state index in [0.717, 1.165) is 5.56 Å². The van der Waals surface area contributed by atoms with E-state index in [1.807, 2.05) is 17.0 Å². The number of nitrogens with one attached hydrogen (secondary N) is 1. The first-order chi connectivity index (χ1) is 8.96. The third-order valence-corrected chi connectivity index (χ3v) is 3.53. The summed E-state index contributed by atoms with van der Waals surface area (Å²) in [6.07, 6.45) is 3.35. The van der Waals surface area contributed by atoms with Crippen LogP contribution in [0.15, 0.2) is 24.5 Å². The molecule has 102 valence electrons. The summed E-state index contributed by atoms with van der Waals surface area (Å²) in [6, 6.07) is 3.52. The molecular formula is C13H18N4O2. The van der Waals surface area contributed by atoms with E-state index in [2.05, 4.69) is 10.3 Å². The van der Waals surface area contributed by atoms with Crippen LogP contribution in [-0.4, -0.2) is 40.3 Å². The molecular weight excluding hydrogens is 244 g/mol. The van der Waals surface area contributed by atoms with Gasteiger partial charge in [-0.15, -0.1) is 0 Å². The van der Waals surface area contributed by atoms with Gasteiger partial charge in [0.2, 0.25) is 11.8 Å². The molecule has 3 N–H and O–H groups in total. The highest BCUT2D eigenvalue weighted by atomic mass is 16.2. The second-order valence-electron chi connectivity index (χ2n) is 5.10. The zero-order chi connectivity index (χ0) is 14.0. The summed E-state index contributed by atoms with van der Waals surface area (Å²) in [6.45, 7) is 4.06. The highest BCUT2D eigenvalue weighted by molar-refractivity contribution is 6.03. The van der Waals surface area contributed by atoms with Crippen LogP contribution in [0.4, 0.5) is 0 Å². The van der Waals surface area contributed by atoms with Gasteiger partial charge in [-0.1, -0.05) is 0 Å². The highest BCUT2D eigenvalue weighted by Gasteiger charge is 2.44. The number of amides is 2. The molecule has 1 fully saturated rings. The van der Waals surface area contributed by atoms with E-state index >= 15 is 0 Å². The van der Waals surface area contributed by atoms with Crippen LogP contribution in [0.2, 0.25) is 0 Å². The minimum atomic E-state index is -0.777. The van der Waals surface area contributed by atoms with Gasteiger partial charge in [-0.3, -0.25) is 24.8 Å². The lowest BCUT2D eigenvalue weighted by Gasteiger charge is -2.44. The average molecular weight is 262 g/mol. The second-order valence-corrected chi connectivity index (χ2v) is 5.10. The Hall–Kier alpha value is -1.79. The van der Waals surface area contributed by atoms with Crippen LogP contribution in [-0.2, 0) is 9.59 Å². The van der Waals surface area contributed by atoms with E-state index in [4.69, 9.17) is 5.73 Å². The maximum atomic E-state index is 12.0. The topological polar surface area (TPSA) is 88.3 Å². The van der Waals surface area contributed by atoms with Gasteiger partial charge in [0.1, 0.15) is 0 Å². The Morgan fingerprint density at radius 3 is 2.63 bits per heavy atom. The summed E-state index contributed by atoms with van der Waals surface area (Å²) in [7, 11) is 0. The monoisotopic (exact) mass is 262 g/mol. The number of aromatic nitrogens is 1. The van der Waals surface area contributed by atoms with Crippen LogP contribution < -0.4 is 11.1 Å². The van der Waals surface area contributed by atoms with Gasteiger partial charge >= 0.3 is 0 Å². The van der Waals surface area contributed by atoms with Gasteiger partial charge in [-0.2, -0.15) is 0 Å². The van der Waals surface area contributed by atoms with E-state index in [-0.39, 0.29) is 24.4 Å². The lowest BCUT2D eigenvalue weighted by molar-refractivity contribution is -0.147. The fourth-order valence-electron chi connectivity index (χ4n) is 2.33. The lowest BCUT2D eigenvalue weighted by Crippen LogP contribution is -2.65. The maximum Gasteiger partial charge on any atom is 0.246 e. The van der Waals surface area contributed by atoms with Crippen molar-refractivity contribution in [3.05, 3.63) is 30.1 Å². The SMILES string of the molecule is CC1(C)C(=O)NC(=O)CN1C(CN)c1ccncc1. The fourth-order valence-corrected chi connectivity index (χ4v) is 2.33. The van der Waals surface area contributed by atoms with Crippen LogP contribution in [0.5, 0.6) is 0 Å². The lowest BCUT2D eigenvalue weighted by atomic mass is 9.93. The molecule has 1 saturated heterocycles. The second kappa shape index (κ2) is 5.07. The standard InChI is InChI=1S/C13H18N4O2/c1-13(2)12(19)16-11(18)8-17(13)10(7-14)9-3-5-15-6-4-9/h3-6,10H,7-8,14H2,1-2H3,(H,16,18,19). The molecule has 1 aliphatic heterocycles. The largest absolute Gasteiger partial charge is 0.329 e. The molecule has 6 heteroatoms. The first-order valence-corrected chi connectivity index (χ1v) is 6.18. The number of nitrogens with zero attached hydrogens (tertiary/aromatic N) is 2. The molecule has 1 aromatic rings. The molecule has 0 bridgehead atoms. The molecule has 1 unspecified atom stereocenters. The van der Waals surface area contributed by atoms with Gasteiger partial charge in [0.25, 0.3) is 0 Å². The Morgan fingerprint density at radius 1 is 1.42 bits per heavy atom. The van der Waals surface area contributed by atoms with Crippen molar-refractivity contribution in [2.24, 2.45) is 5.73 Å². The van der Waals surface area contributed by atoms with Crippen molar-refractivity contribution in [2.75, 3.05) is 13.1 Å². The van der Waals surface area contributed by atoms with E-state index in [9.17, 15) is 9.59 Å². The molecule has 0 aliphatic carbocycles. The summed E-state index contributed by atoms with van der Waals surface area (Å²) < 4.78 is 0. The molecule has 0 spiro atoms. The molecule has 1 aliphatic rings. The summed E-state index contributed by atoms with van der Waals surface area (Å²) in [4.78, 5) is 29.4. The number of pyridine rings is 1. The number of rotatable bonds is 3. The molecule has 1 aromatic heterocycles. The number of carbonyl (C=O) groups is 2. The van der Waals surface area contributed by atoms with Crippen molar-refractivity contribution in [3.8, 4) is 0 Å². The quantitative estimate of drug-likeness (QED) is 0.738. The Morgan fingerprint density at radius 2 is 2.05 bits per heavy atom. The number of piperazine rings is 1. The number of hydrogen-bond acceptors (Lipinski definition) is 5. The predicted octanol–water partition coefficient (Wildman–Crippen LogP) is -0.182. The predicted molar refractivity (Wildman–Crippen MR) is 70.0 cm³/mol. The Labute approximate surface area is 112 Å². The zero-order valence-electron chi connectivity index (χ0n) is 11.1. The van der Waals surface area contributed by atoms with Gasteiger partial charge in [0, 0.05) is 25.0 Å². The average Bonchev–Trinajstić information content (AvgIpc) is 2.38. The van der Waals surface area contributed by atoms with Crippen LogP contribution in [0, 0.1) is 0 Å². The number of carbonyl (C=O) groups excluding carboxylic acids is 2. The van der Waals surface area contributed by atoms with E-state index < -0.39 is 5.54 Å². The molecule has 19 heavy (non-hydrogen) atoms. The Bertz CT molecular complexity index is 487. The normalized spacial score (nSPS) is 21.0. The minimum absolute atomic E-state index is 0.156. The van der Waals surface area contributed by atoms with Crippen molar-refractivity contribution in [2.45, 2.75) is 25.4 Å². The van der Waals surface area contributed by atoms with Gasteiger partial charge in [0.15, 0.2) is 0 Å². The first kappa shape index (κ1) is 13.6. The Kier molecular flexibility index (Phi) is 3.64. The summed E-state index contributed by atoms with van der Waals surface area (Å²) in [5.74, 6) is -0.590. The number of hydrogen-bond donors (Lipinski definition) is 2. The maximum absolute atomic E-state index is 12.0. The summed E-state index contributed by atoms with van der Waals surface area (Å²) in [5, 5.41) is 2.36. The van der Waals surface area contributed by atoms with Gasteiger partial charge in [-0.25, -0.2) is 0 Å². The fraction of sp³-hybridized carbons (Fsp3) is 0.462. The van der Waals surface area contributed by atoms with Crippen molar-refractivity contribution >= 4 is 11.8 Å². The van der Waals surface area contributed by atoms with E-state index in [1.165, 1.54) is 0 Å². The van der Waals surface area contributed by atoms with E-state index in [1.54, 1.807) is 26.2 Å². The third kappa shape index (κ3) is 2.50. The zero-order valence-corrected chi connectivity index (χ0v) is 11.1. The number of nitrogens with two attached hydrogens (primary N) is 1.